The number of fused-ring (bicyclic) bond motifs is 5. The number of hydrogen-bond donors (Lipinski definition) is 1. The fourth-order valence-corrected chi connectivity index (χ4v) is 4.77. The highest BCUT2D eigenvalue weighted by atomic mass is 16.6. The van der Waals surface area contributed by atoms with E-state index in [0.29, 0.717) is 24.3 Å². The van der Waals surface area contributed by atoms with Crippen LogP contribution in [-0.2, 0) is 14.3 Å². The van der Waals surface area contributed by atoms with E-state index in [4.69, 9.17) is 9.47 Å². The Morgan fingerprint density at radius 3 is 2.54 bits per heavy atom. The van der Waals surface area contributed by atoms with Gasteiger partial charge in [-0.3, -0.25) is 9.69 Å². The molecule has 5 unspecified atom stereocenters. The summed E-state index contributed by atoms with van der Waals surface area (Å²) in [7, 11) is 0. The summed E-state index contributed by atoms with van der Waals surface area (Å²) in [5.74, 6) is -0.903. The zero-order chi connectivity index (χ0) is 18.1. The van der Waals surface area contributed by atoms with Crippen molar-refractivity contribution in [3.8, 4) is 0 Å². The van der Waals surface area contributed by atoms with Gasteiger partial charge in [-0.25, -0.2) is 0 Å². The predicted molar refractivity (Wildman–Crippen MR) is 97.9 cm³/mol. The average Bonchev–Trinajstić information content (AvgIpc) is 3.41. The van der Waals surface area contributed by atoms with Crippen molar-refractivity contribution in [2.24, 2.45) is 0 Å². The minimum Gasteiger partial charge on any atom is -0.462 e. The van der Waals surface area contributed by atoms with Gasteiger partial charge in [0.1, 0.15) is 24.2 Å². The number of carbonyl (C=O) groups excluding carboxylic acids is 1. The van der Waals surface area contributed by atoms with Crippen LogP contribution in [0.1, 0.15) is 50.5 Å². The zero-order valence-electron chi connectivity index (χ0n) is 15.4. The number of epoxide rings is 1. The van der Waals surface area contributed by atoms with E-state index in [0.717, 1.165) is 24.9 Å². The molecule has 0 aliphatic carbocycles. The van der Waals surface area contributed by atoms with E-state index in [1.807, 2.05) is 30.3 Å². The van der Waals surface area contributed by atoms with Gasteiger partial charge in [-0.05, 0) is 18.5 Å². The lowest BCUT2D eigenvalue weighted by Crippen LogP contribution is -2.50. The first-order chi connectivity index (χ1) is 12.7. The van der Waals surface area contributed by atoms with Crippen LogP contribution in [0, 0.1) is 0 Å². The Bertz CT molecular complexity index is 604. The number of unbranched alkanes of at least 4 members (excludes halogenated alkanes) is 2. The summed E-state index contributed by atoms with van der Waals surface area (Å²) in [5, 5.41) is 9.68. The molecule has 3 saturated heterocycles. The molecule has 0 saturated carbocycles. The molecule has 2 bridgehead atoms. The summed E-state index contributed by atoms with van der Waals surface area (Å²) in [5.41, 5.74) is 0.811. The molecular weight excluding hydrogens is 330 g/mol. The maximum absolute atomic E-state index is 12.6. The van der Waals surface area contributed by atoms with Crippen LogP contribution in [-0.4, -0.2) is 59.5 Å². The fourth-order valence-electron chi connectivity index (χ4n) is 4.77. The van der Waals surface area contributed by atoms with E-state index in [-0.39, 0.29) is 18.7 Å². The molecule has 1 aromatic rings. The van der Waals surface area contributed by atoms with Crippen molar-refractivity contribution in [1.82, 2.24) is 4.90 Å². The second-order valence-corrected chi connectivity index (χ2v) is 7.82. The molecule has 1 aromatic carbocycles. The van der Waals surface area contributed by atoms with Gasteiger partial charge in [0.2, 0.25) is 0 Å². The molecular formula is C21H29NO4. The van der Waals surface area contributed by atoms with E-state index in [1.54, 1.807) is 0 Å². The van der Waals surface area contributed by atoms with Crippen molar-refractivity contribution in [2.45, 2.75) is 75.3 Å². The van der Waals surface area contributed by atoms with Crippen LogP contribution in [0.25, 0.3) is 0 Å². The molecule has 1 N–H and O–H groups in total. The lowest BCUT2D eigenvalue weighted by Gasteiger charge is -2.40. The van der Waals surface area contributed by atoms with E-state index in [1.165, 1.54) is 19.3 Å². The van der Waals surface area contributed by atoms with Crippen LogP contribution in [0.2, 0.25) is 0 Å². The minimum absolute atomic E-state index is 0.0610. The number of esters is 1. The molecule has 3 aliphatic heterocycles. The molecule has 5 atom stereocenters. The quantitative estimate of drug-likeness (QED) is 0.439. The summed E-state index contributed by atoms with van der Waals surface area (Å²) < 4.78 is 11.7. The van der Waals surface area contributed by atoms with Gasteiger partial charge in [0.05, 0.1) is 6.61 Å². The predicted octanol–water partition coefficient (Wildman–Crippen LogP) is 2.48. The maximum Gasteiger partial charge on any atom is 0.316 e. The fraction of sp³-hybridized carbons (Fsp3) is 0.667. The van der Waals surface area contributed by atoms with Crippen LogP contribution in [0.4, 0.5) is 0 Å². The number of piperidine rings is 1. The topological polar surface area (TPSA) is 62.3 Å². The summed E-state index contributed by atoms with van der Waals surface area (Å²) in [6.45, 7) is 3.13. The Balaban J connectivity index is 1.36. The highest BCUT2D eigenvalue weighted by Gasteiger charge is 2.63. The number of aliphatic hydroxyl groups excluding tert-OH is 1. The van der Waals surface area contributed by atoms with Crippen LogP contribution in [0.15, 0.2) is 30.3 Å². The number of ether oxygens (including phenoxy) is 2. The van der Waals surface area contributed by atoms with E-state index < -0.39 is 5.92 Å². The van der Waals surface area contributed by atoms with Crippen LogP contribution in [0.3, 0.4) is 0 Å². The van der Waals surface area contributed by atoms with Crippen LogP contribution < -0.4 is 0 Å². The number of hydrogen-bond acceptors (Lipinski definition) is 5. The van der Waals surface area contributed by atoms with Crippen molar-refractivity contribution in [3.05, 3.63) is 35.9 Å². The van der Waals surface area contributed by atoms with Crippen molar-refractivity contribution >= 4 is 5.97 Å². The SMILES string of the molecule is CCCCCN1C2CC(OC(=O)C(CO)c3ccccc3)CC1C1OC12. The number of morpholine rings is 1. The van der Waals surface area contributed by atoms with Gasteiger partial charge >= 0.3 is 5.97 Å². The first kappa shape index (κ1) is 18.0. The Labute approximate surface area is 155 Å². The van der Waals surface area contributed by atoms with Gasteiger partial charge in [-0.2, -0.15) is 0 Å². The minimum atomic E-state index is -0.595. The van der Waals surface area contributed by atoms with Gasteiger partial charge in [0.25, 0.3) is 0 Å². The molecule has 0 spiro atoms. The molecule has 3 heterocycles. The first-order valence-electron chi connectivity index (χ1n) is 10.0. The molecule has 3 fully saturated rings. The molecule has 5 nitrogen and oxygen atoms in total. The zero-order valence-corrected chi connectivity index (χ0v) is 15.4. The van der Waals surface area contributed by atoms with Crippen LogP contribution >= 0.6 is 0 Å². The summed E-state index contributed by atoms with van der Waals surface area (Å²) >= 11 is 0. The van der Waals surface area contributed by atoms with Gasteiger partial charge in [0.15, 0.2) is 0 Å². The lowest BCUT2D eigenvalue weighted by atomic mass is 9.96. The standard InChI is InChI=1S/C21H29NO4/c1-2-3-7-10-22-17-11-15(12-18(22)20-19(17)26-20)25-21(24)16(13-23)14-8-5-4-6-9-14/h4-6,8-9,15-20,23H,2-3,7,10-13H2,1H3. The third kappa shape index (κ3) is 3.40. The number of benzene rings is 1. The third-order valence-electron chi connectivity index (χ3n) is 6.15. The Hall–Kier alpha value is -1.43. The van der Waals surface area contributed by atoms with E-state index in [2.05, 4.69) is 11.8 Å². The molecule has 0 radical (unpaired) electrons. The molecule has 4 rings (SSSR count). The number of aliphatic hydroxyl groups is 1. The lowest BCUT2D eigenvalue weighted by molar-refractivity contribution is -0.157. The van der Waals surface area contributed by atoms with Crippen LogP contribution in [0.5, 0.6) is 0 Å². The normalized spacial score (nSPS) is 33.5. The largest absolute Gasteiger partial charge is 0.462 e. The van der Waals surface area contributed by atoms with Gasteiger partial charge in [-0.1, -0.05) is 50.1 Å². The van der Waals surface area contributed by atoms with E-state index >= 15 is 0 Å². The molecule has 0 amide bonds. The average molecular weight is 359 g/mol. The highest BCUT2D eigenvalue weighted by Crippen LogP contribution is 2.49. The summed E-state index contributed by atoms with van der Waals surface area (Å²) in [4.78, 5) is 15.2. The maximum atomic E-state index is 12.6. The second-order valence-electron chi connectivity index (χ2n) is 7.82. The summed E-state index contributed by atoms with van der Waals surface area (Å²) in [6.07, 6.45) is 6.04. The Morgan fingerprint density at radius 1 is 1.23 bits per heavy atom. The summed E-state index contributed by atoms with van der Waals surface area (Å²) in [6, 6.07) is 10.2. The third-order valence-corrected chi connectivity index (χ3v) is 6.15. The molecule has 5 heteroatoms. The van der Waals surface area contributed by atoms with Crippen molar-refractivity contribution in [2.75, 3.05) is 13.2 Å². The van der Waals surface area contributed by atoms with Crippen molar-refractivity contribution < 1.29 is 19.4 Å². The molecule has 3 aliphatic rings. The van der Waals surface area contributed by atoms with E-state index in [9.17, 15) is 9.90 Å². The monoisotopic (exact) mass is 359 g/mol. The van der Waals surface area contributed by atoms with Gasteiger partial charge in [-0.15, -0.1) is 0 Å². The number of nitrogens with zero attached hydrogens (tertiary/aromatic N) is 1. The molecule has 142 valence electrons. The smallest absolute Gasteiger partial charge is 0.316 e. The second kappa shape index (κ2) is 7.67. The first-order valence-corrected chi connectivity index (χ1v) is 10.0. The van der Waals surface area contributed by atoms with Crippen molar-refractivity contribution in [1.29, 1.82) is 0 Å². The van der Waals surface area contributed by atoms with Gasteiger partial charge in [0, 0.05) is 24.9 Å². The molecule has 26 heavy (non-hydrogen) atoms. The van der Waals surface area contributed by atoms with Gasteiger partial charge < -0.3 is 14.6 Å². The Morgan fingerprint density at radius 2 is 1.92 bits per heavy atom. The number of rotatable bonds is 8. The Kier molecular flexibility index (Phi) is 5.30. The number of carbonyl (C=O) groups is 1. The molecule has 0 aromatic heterocycles. The van der Waals surface area contributed by atoms with Crippen molar-refractivity contribution in [3.63, 3.8) is 0 Å². The highest BCUT2D eigenvalue weighted by molar-refractivity contribution is 5.78.